The number of rotatable bonds is 0. The standard InChI is InChI=1S/C7H11N3/c1-4-2-6(9)7(10)3-5(4)8/h2-3H,8-10H2,1H3. The molecule has 54 valence electrons. The first-order chi connectivity index (χ1) is 4.61. The maximum atomic E-state index is 5.55. The van der Waals surface area contributed by atoms with E-state index in [9.17, 15) is 0 Å². The number of hydrogen-bond acceptors (Lipinski definition) is 3. The molecule has 0 heterocycles. The summed E-state index contributed by atoms with van der Waals surface area (Å²) in [6, 6.07) is 3.44. The zero-order valence-electron chi connectivity index (χ0n) is 5.89. The fourth-order valence-corrected chi connectivity index (χ4v) is 0.765. The average molecular weight is 137 g/mol. The van der Waals surface area contributed by atoms with Gasteiger partial charge in [-0.1, -0.05) is 0 Å². The summed E-state index contributed by atoms with van der Waals surface area (Å²) in [5, 5.41) is 0. The van der Waals surface area contributed by atoms with Crippen LogP contribution in [0.4, 0.5) is 17.1 Å². The molecule has 3 nitrogen and oxygen atoms in total. The van der Waals surface area contributed by atoms with Crippen LogP contribution >= 0.6 is 0 Å². The van der Waals surface area contributed by atoms with Gasteiger partial charge < -0.3 is 17.2 Å². The highest BCUT2D eigenvalue weighted by Gasteiger charge is 1.97. The Labute approximate surface area is 59.8 Å². The van der Waals surface area contributed by atoms with Gasteiger partial charge in [0.2, 0.25) is 0 Å². The summed E-state index contributed by atoms with van der Waals surface area (Å²) >= 11 is 0. The van der Waals surface area contributed by atoms with E-state index in [2.05, 4.69) is 0 Å². The van der Waals surface area contributed by atoms with Gasteiger partial charge in [0.15, 0.2) is 0 Å². The molecule has 0 bridgehead atoms. The lowest BCUT2D eigenvalue weighted by Gasteiger charge is -2.03. The van der Waals surface area contributed by atoms with Gasteiger partial charge in [0.1, 0.15) is 0 Å². The summed E-state index contributed by atoms with van der Waals surface area (Å²) in [4.78, 5) is 0. The second-order valence-electron chi connectivity index (χ2n) is 2.34. The molecule has 0 aromatic heterocycles. The van der Waals surface area contributed by atoms with Crippen LogP contribution in [-0.2, 0) is 0 Å². The van der Waals surface area contributed by atoms with Gasteiger partial charge in [-0.05, 0) is 24.6 Å². The second-order valence-corrected chi connectivity index (χ2v) is 2.34. The Bertz CT molecular complexity index is 205. The lowest BCUT2D eigenvalue weighted by molar-refractivity contribution is 1.47. The van der Waals surface area contributed by atoms with Gasteiger partial charge in [-0.15, -0.1) is 0 Å². The fraction of sp³-hybridized carbons (Fsp3) is 0.143. The molecule has 0 atom stereocenters. The smallest absolute Gasteiger partial charge is 0.0568 e. The first-order valence-electron chi connectivity index (χ1n) is 3.02. The van der Waals surface area contributed by atoms with Gasteiger partial charge >= 0.3 is 0 Å². The van der Waals surface area contributed by atoms with E-state index in [1.807, 2.05) is 6.92 Å². The van der Waals surface area contributed by atoms with E-state index in [0.29, 0.717) is 17.1 Å². The number of aryl methyl sites for hydroxylation is 1. The van der Waals surface area contributed by atoms with Crippen molar-refractivity contribution in [3.8, 4) is 0 Å². The van der Waals surface area contributed by atoms with Crippen molar-refractivity contribution in [3.63, 3.8) is 0 Å². The normalized spacial score (nSPS) is 9.70. The van der Waals surface area contributed by atoms with Crippen LogP contribution in [0.3, 0.4) is 0 Å². The Kier molecular flexibility index (Phi) is 1.41. The van der Waals surface area contributed by atoms with Crippen LogP contribution in [0.25, 0.3) is 0 Å². The molecule has 0 radical (unpaired) electrons. The van der Waals surface area contributed by atoms with Gasteiger partial charge in [-0.25, -0.2) is 0 Å². The minimum Gasteiger partial charge on any atom is -0.398 e. The van der Waals surface area contributed by atoms with Crippen molar-refractivity contribution >= 4 is 17.1 Å². The SMILES string of the molecule is Cc1cc(N)c(N)cc1N. The minimum absolute atomic E-state index is 0.545. The monoisotopic (exact) mass is 137 g/mol. The molecular weight excluding hydrogens is 126 g/mol. The molecule has 0 saturated heterocycles. The highest BCUT2D eigenvalue weighted by atomic mass is 14.7. The summed E-state index contributed by atoms with van der Waals surface area (Å²) < 4.78 is 0. The highest BCUT2D eigenvalue weighted by Crippen LogP contribution is 2.21. The minimum atomic E-state index is 0.545. The van der Waals surface area contributed by atoms with E-state index in [1.165, 1.54) is 0 Å². The fourth-order valence-electron chi connectivity index (χ4n) is 0.765. The van der Waals surface area contributed by atoms with Crippen LogP contribution in [0.15, 0.2) is 12.1 Å². The number of nitrogens with two attached hydrogens (primary N) is 3. The molecule has 1 aromatic carbocycles. The summed E-state index contributed by atoms with van der Waals surface area (Å²) in [5.41, 5.74) is 19.3. The van der Waals surface area contributed by atoms with E-state index < -0.39 is 0 Å². The van der Waals surface area contributed by atoms with E-state index in [4.69, 9.17) is 17.2 Å². The molecule has 0 saturated carbocycles. The first kappa shape index (κ1) is 6.74. The van der Waals surface area contributed by atoms with Crippen molar-refractivity contribution in [1.29, 1.82) is 0 Å². The number of nitrogen functional groups attached to an aromatic ring is 3. The maximum Gasteiger partial charge on any atom is 0.0568 e. The van der Waals surface area contributed by atoms with Crippen LogP contribution in [-0.4, -0.2) is 0 Å². The topological polar surface area (TPSA) is 78.1 Å². The average Bonchev–Trinajstić information content (AvgIpc) is 1.84. The van der Waals surface area contributed by atoms with E-state index in [0.717, 1.165) is 5.56 Å². The molecule has 1 rings (SSSR count). The van der Waals surface area contributed by atoms with Gasteiger partial charge in [-0.2, -0.15) is 0 Å². The van der Waals surface area contributed by atoms with Crippen molar-refractivity contribution in [2.45, 2.75) is 6.92 Å². The van der Waals surface area contributed by atoms with E-state index in [-0.39, 0.29) is 0 Å². The summed E-state index contributed by atoms with van der Waals surface area (Å²) in [7, 11) is 0. The van der Waals surface area contributed by atoms with Crippen LogP contribution < -0.4 is 17.2 Å². The molecule has 0 aliphatic rings. The first-order valence-corrected chi connectivity index (χ1v) is 3.02. The Morgan fingerprint density at radius 3 is 1.90 bits per heavy atom. The molecule has 0 spiro atoms. The second kappa shape index (κ2) is 2.10. The summed E-state index contributed by atoms with van der Waals surface area (Å²) in [6.07, 6.45) is 0. The Balaban J connectivity index is 3.28. The molecule has 6 N–H and O–H groups in total. The molecule has 0 aliphatic heterocycles. The molecule has 0 amide bonds. The molecule has 10 heavy (non-hydrogen) atoms. The number of anilines is 3. The van der Waals surface area contributed by atoms with Crippen molar-refractivity contribution in [2.75, 3.05) is 17.2 Å². The van der Waals surface area contributed by atoms with Crippen molar-refractivity contribution in [1.82, 2.24) is 0 Å². The van der Waals surface area contributed by atoms with Crippen LogP contribution in [0.1, 0.15) is 5.56 Å². The number of benzene rings is 1. The van der Waals surface area contributed by atoms with Crippen LogP contribution in [0.5, 0.6) is 0 Å². The lowest BCUT2D eigenvalue weighted by atomic mass is 10.1. The zero-order valence-corrected chi connectivity index (χ0v) is 5.89. The van der Waals surface area contributed by atoms with Crippen molar-refractivity contribution in [2.24, 2.45) is 0 Å². The molecule has 0 fully saturated rings. The van der Waals surface area contributed by atoms with Gasteiger partial charge in [0, 0.05) is 5.69 Å². The summed E-state index contributed by atoms with van der Waals surface area (Å²) in [6.45, 7) is 1.89. The summed E-state index contributed by atoms with van der Waals surface area (Å²) in [5.74, 6) is 0. The predicted octanol–water partition coefficient (Wildman–Crippen LogP) is 0.742. The van der Waals surface area contributed by atoms with E-state index in [1.54, 1.807) is 12.1 Å². The third-order valence-electron chi connectivity index (χ3n) is 1.47. The third kappa shape index (κ3) is 0.978. The molecular formula is C7H11N3. The Morgan fingerprint density at radius 1 is 0.900 bits per heavy atom. The Morgan fingerprint density at radius 2 is 1.40 bits per heavy atom. The molecule has 0 unspecified atom stereocenters. The molecule has 3 heteroatoms. The molecule has 1 aromatic rings. The quantitative estimate of drug-likeness (QED) is 0.461. The van der Waals surface area contributed by atoms with Crippen LogP contribution in [0.2, 0.25) is 0 Å². The van der Waals surface area contributed by atoms with E-state index >= 15 is 0 Å². The largest absolute Gasteiger partial charge is 0.398 e. The van der Waals surface area contributed by atoms with Gasteiger partial charge in [0.25, 0.3) is 0 Å². The third-order valence-corrected chi connectivity index (χ3v) is 1.47. The number of hydrogen-bond donors (Lipinski definition) is 3. The van der Waals surface area contributed by atoms with Crippen molar-refractivity contribution in [3.05, 3.63) is 17.7 Å². The van der Waals surface area contributed by atoms with Crippen molar-refractivity contribution < 1.29 is 0 Å². The molecule has 0 aliphatic carbocycles. The highest BCUT2D eigenvalue weighted by molar-refractivity contribution is 5.70. The van der Waals surface area contributed by atoms with Gasteiger partial charge in [0.05, 0.1) is 11.4 Å². The van der Waals surface area contributed by atoms with Gasteiger partial charge in [-0.3, -0.25) is 0 Å². The maximum absolute atomic E-state index is 5.55. The van der Waals surface area contributed by atoms with Crippen LogP contribution in [0, 0.1) is 6.92 Å². The lowest BCUT2D eigenvalue weighted by Crippen LogP contribution is -1.98. The zero-order chi connectivity index (χ0) is 7.72. The predicted molar refractivity (Wildman–Crippen MR) is 44.4 cm³/mol. The Hall–Kier alpha value is -1.38.